The van der Waals surface area contributed by atoms with E-state index in [9.17, 15) is 0 Å². The molecule has 4 aromatic rings. The Morgan fingerprint density at radius 1 is 0.675 bits per heavy atom. The molecule has 0 radical (unpaired) electrons. The summed E-state index contributed by atoms with van der Waals surface area (Å²) in [4.78, 5) is 7.06. The van der Waals surface area contributed by atoms with Crippen molar-refractivity contribution in [2.45, 2.75) is 34.2 Å². The first kappa shape index (κ1) is 28.7. The van der Waals surface area contributed by atoms with Gasteiger partial charge < -0.3 is 0 Å². The van der Waals surface area contributed by atoms with E-state index in [1.54, 1.807) is 0 Å². The summed E-state index contributed by atoms with van der Waals surface area (Å²) in [6.45, 7) is 11.1. The van der Waals surface area contributed by atoms with Crippen molar-refractivity contribution in [1.29, 1.82) is 0 Å². The molecule has 1 saturated heterocycles. The molecule has 1 heterocycles. The number of aryl methyl sites for hydroxylation is 4. The number of benzene rings is 4. The molecule has 0 saturated carbocycles. The number of rotatable bonds is 6. The third-order valence-corrected chi connectivity index (χ3v) is 13.0. The van der Waals surface area contributed by atoms with Crippen molar-refractivity contribution >= 4 is 45.4 Å². The van der Waals surface area contributed by atoms with Crippen molar-refractivity contribution in [3.8, 4) is 0 Å². The SMILES string of the molecule is Cc1cccc(C)c1N1CCN(c2c(C)cccc2C)[C]1=[Ru]([Cl])([Cl])=[CH]c1ccccc1CN(C)c1ccccc1. The predicted molar refractivity (Wildman–Crippen MR) is 173 cm³/mol. The van der Waals surface area contributed by atoms with Crippen molar-refractivity contribution in [3.05, 3.63) is 124 Å². The minimum atomic E-state index is -3.61. The monoisotopic (exact) mass is 659 g/mol. The summed E-state index contributed by atoms with van der Waals surface area (Å²) in [5.41, 5.74) is 10.8. The van der Waals surface area contributed by atoms with Gasteiger partial charge in [-0.25, -0.2) is 0 Å². The molecule has 210 valence electrons. The van der Waals surface area contributed by atoms with Gasteiger partial charge in [-0.05, 0) is 0 Å². The zero-order valence-electron chi connectivity index (χ0n) is 23.8. The topological polar surface area (TPSA) is 9.72 Å². The number of halogens is 2. The maximum atomic E-state index is 7.65. The van der Waals surface area contributed by atoms with Crippen LogP contribution in [0.1, 0.15) is 33.4 Å². The van der Waals surface area contributed by atoms with Gasteiger partial charge in [0.05, 0.1) is 0 Å². The molecule has 6 heteroatoms. The van der Waals surface area contributed by atoms with E-state index < -0.39 is 11.9 Å². The van der Waals surface area contributed by atoms with Crippen LogP contribution >= 0.6 is 19.4 Å². The Bertz CT molecular complexity index is 1550. The van der Waals surface area contributed by atoms with Gasteiger partial charge in [-0.1, -0.05) is 0 Å². The second kappa shape index (κ2) is 12.0. The summed E-state index contributed by atoms with van der Waals surface area (Å²) in [5, 5.41) is 0. The molecule has 0 unspecified atom stereocenters. The molecular formula is C34H37Cl2N3Ru. The Hall–Kier alpha value is -2.78. The van der Waals surface area contributed by atoms with Gasteiger partial charge in [0.2, 0.25) is 0 Å². The summed E-state index contributed by atoms with van der Waals surface area (Å²) in [5.74, 6) is 0. The number of para-hydroxylation sites is 3. The van der Waals surface area contributed by atoms with Gasteiger partial charge in [0.25, 0.3) is 0 Å². The third kappa shape index (κ3) is 5.82. The molecule has 3 nitrogen and oxygen atoms in total. The van der Waals surface area contributed by atoms with E-state index in [0.717, 1.165) is 29.6 Å². The Labute approximate surface area is 249 Å². The van der Waals surface area contributed by atoms with E-state index >= 15 is 0 Å². The molecule has 1 aliphatic heterocycles. The molecule has 0 aliphatic carbocycles. The molecule has 5 rings (SSSR count). The van der Waals surface area contributed by atoms with Gasteiger partial charge in [-0.2, -0.15) is 0 Å². The molecule has 4 aromatic carbocycles. The fourth-order valence-electron chi connectivity index (χ4n) is 5.64. The van der Waals surface area contributed by atoms with Gasteiger partial charge in [0.15, 0.2) is 0 Å². The predicted octanol–water partition coefficient (Wildman–Crippen LogP) is 8.28. The standard InChI is InChI=1S/C19H22N2.C15H15N.2ClH.Ru/c1-14-7-5-8-15(2)18(14)20-11-12-21(13-20)19-16(3)9-6-10-17(19)4;1-13-8-6-7-9-14(13)12-16(2)15-10-4-3-5-11-15;;;/h5-10H,11-12H2,1-4H3;1,3-11H,12H2,2H3;2*1H;/q;;;;+2/p-2. The first-order valence-electron chi connectivity index (χ1n) is 13.5. The van der Waals surface area contributed by atoms with Gasteiger partial charge in [0, 0.05) is 0 Å². The first-order valence-corrected chi connectivity index (χ1v) is 19.9. The van der Waals surface area contributed by atoms with E-state index in [1.807, 2.05) is 6.07 Å². The van der Waals surface area contributed by atoms with Crippen LogP contribution in [0.5, 0.6) is 0 Å². The summed E-state index contributed by atoms with van der Waals surface area (Å²) >= 11 is -3.61. The maximum absolute atomic E-state index is 7.65. The number of hydrogen-bond donors (Lipinski definition) is 0. The third-order valence-electron chi connectivity index (χ3n) is 7.51. The van der Waals surface area contributed by atoms with Crippen LogP contribution in [0.3, 0.4) is 0 Å². The van der Waals surface area contributed by atoms with Crippen molar-refractivity contribution in [2.24, 2.45) is 0 Å². The van der Waals surface area contributed by atoms with Crippen molar-refractivity contribution < 1.29 is 11.9 Å². The van der Waals surface area contributed by atoms with Crippen LogP contribution < -0.4 is 14.7 Å². The quantitative estimate of drug-likeness (QED) is 0.193. The summed E-state index contributed by atoms with van der Waals surface area (Å²) in [6, 6.07) is 31.9. The molecule has 0 bridgehead atoms. The van der Waals surface area contributed by atoms with Crippen LogP contribution in [0.4, 0.5) is 17.1 Å². The number of nitrogens with zero attached hydrogens (tertiary/aromatic N) is 3. The van der Waals surface area contributed by atoms with Crippen LogP contribution in [-0.2, 0) is 18.4 Å². The average molecular weight is 660 g/mol. The van der Waals surface area contributed by atoms with Crippen molar-refractivity contribution in [3.63, 3.8) is 0 Å². The zero-order valence-corrected chi connectivity index (χ0v) is 27.1. The zero-order chi connectivity index (χ0) is 28.4. The van der Waals surface area contributed by atoms with Crippen LogP contribution in [0.2, 0.25) is 0 Å². The Morgan fingerprint density at radius 3 is 1.68 bits per heavy atom. The normalized spacial score (nSPS) is 14.0. The van der Waals surface area contributed by atoms with E-state index in [-0.39, 0.29) is 0 Å². The summed E-state index contributed by atoms with van der Waals surface area (Å²) in [6.07, 6.45) is 0. The van der Waals surface area contributed by atoms with Gasteiger partial charge in [-0.3, -0.25) is 0 Å². The summed E-state index contributed by atoms with van der Waals surface area (Å²) < 4.78 is 3.23. The average Bonchev–Trinajstić information content (AvgIpc) is 3.35. The van der Waals surface area contributed by atoms with E-state index in [1.165, 1.54) is 44.9 Å². The molecule has 0 aromatic heterocycles. The molecule has 40 heavy (non-hydrogen) atoms. The van der Waals surface area contributed by atoms with Crippen LogP contribution in [0.25, 0.3) is 0 Å². The van der Waals surface area contributed by atoms with E-state index in [0.29, 0.717) is 0 Å². The Morgan fingerprint density at radius 2 is 1.15 bits per heavy atom. The fraction of sp³-hybridized carbons (Fsp3) is 0.235. The number of hydrogen-bond acceptors (Lipinski definition) is 3. The minimum absolute atomic E-state index is 0.760. The van der Waals surface area contributed by atoms with Crippen molar-refractivity contribution in [2.75, 3.05) is 34.8 Å². The first-order chi connectivity index (χ1) is 19.2. The Balaban J connectivity index is 1.71. The molecule has 0 spiro atoms. The molecule has 0 amide bonds. The van der Waals surface area contributed by atoms with E-state index in [2.05, 4.69) is 139 Å². The number of anilines is 3. The van der Waals surface area contributed by atoms with E-state index in [4.69, 9.17) is 19.4 Å². The van der Waals surface area contributed by atoms with Crippen LogP contribution in [-0.4, -0.2) is 29.1 Å². The molecular weight excluding hydrogens is 622 g/mol. The van der Waals surface area contributed by atoms with Crippen molar-refractivity contribution in [1.82, 2.24) is 0 Å². The fourth-order valence-corrected chi connectivity index (χ4v) is 11.7. The molecule has 1 aliphatic rings. The molecule has 1 fully saturated rings. The van der Waals surface area contributed by atoms with Gasteiger partial charge in [-0.15, -0.1) is 0 Å². The second-order valence-electron chi connectivity index (χ2n) is 10.5. The summed E-state index contributed by atoms with van der Waals surface area (Å²) in [7, 11) is 17.4. The van der Waals surface area contributed by atoms with Gasteiger partial charge >= 0.3 is 251 Å². The molecule has 0 N–H and O–H groups in total. The molecule has 0 atom stereocenters. The second-order valence-corrected chi connectivity index (χ2v) is 19.7. The Kier molecular flexibility index (Phi) is 8.62. The van der Waals surface area contributed by atoms with Crippen LogP contribution in [0, 0.1) is 27.7 Å². The van der Waals surface area contributed by atoms with Crippen LogP contribution in [0.15, 0.2) is 91.0 Å². The van der Waals surface area contributed by atoms with Gasteiger partial charge in [0.1, 0.15) is 0 Å².